The first kappa shape index (κ1) is 16.3. The summed E-state index contributed by atoms with van der Waals surface area (Å²) < 4.78 is 17.9. The first-order valence-electron chi connectivity index (χ1n) is 7.22. The molecule has 6 nitrogen and oxygen atoms in total. The highest BCUT2D eigenvalue weighted by molar-refractivity contribution is 6.11. The van der Waals surface area contributed by atoms with Crippen molar-refractivity contribution in [1.82, 2.24) is 0 Å². The molecule has 0 aliphatic carbocycles. The van der Waals surface area contributed by atoms with E-state index < -0.39 is 10.9 Å². The Balaban J connectivity index is 1.79. The minimum atomic E-state index is -0.622. The molecule has 0 radical (unpaired) electrons. The average molecular weight is 338 g/mol. The number of benzene rings is 2. The zero-order valence-electron chi connectivity index (χ0n) is 12.8. The lowest BCUT2D eigenvalue weighted by molar-refractivity contribution is -0.384. The van der Waals surface area contributed by atoms with Crippen LogP contribution < -0.4 is 0 Å². The number of nitrogens with zero attached hydrogens (tertiary/aromatic N) is 2. The Morgan fingerprint density at radius 3 is 2.56 bits per heavy atom. The van der Waals surface area contributed by atoms with Crippen LogP contribution in [-0.2, 0) is 9.53 Å². The van der Waals surface area contributed by atoms with Gasteiger partial charge < -0.3 is 4.74 Å². The third-order valence-electron chi connectivity index (χ3n) is 3.31. The fraction of sp³-hybridized carbons (Fsp3) is 0. The van der Waals surface area contributed by atoms with Crippen molar-refractivity contribution in [3.8, 4) is 0 Å². The molecule has 0 unspecified atom stereocenters. The molecule has 0 spiro atoms. The first-order valence-corrected chi connectivity index (χ1v) is 7.22. The van der Waals surface area contributed by atoms with E-state index in [-0.39, 0.29) is 23.1 Å². The molecule has 0 atom stereocenters. The second-order valence-electron chi connectivity index (χ2n) is 5.11. The molecule has 3 rings (SSSR count). The van der Waals surface area contributed by atoms with Gasteiger partial charge in [-0.3, -0.25) is 10.1 Å². The normalized spacial score (nSPS) is 15.5. The van der Waals surface area contributed by atoms with Crippen LogP contribution >= 0.6 is 0 Å². The summed E-state index contributed by atoms with van der Waals surface area (Å²) in [7, 11) is 0. The molecule has 2 aromatic carbocycles. The number of non-ortho nitro benzene ring substituents is 1. The standard InChI is InChI=1S/C18H11FN2O4/c19-14-7-4-13(5-8-14)11-16-18(22)25-17(20-16)9-6-12-2-1-3-15(10-12)21(23)24/h1-11H/b9-6+,16-11-. The minimum Gasteiger partial charge on any atom is -0.403 e. The molecule has 0 aromatic heterocycles. The van der Waals surface area contributed by atoms with Gasteiger partial charge in [0, 0.05) is 18.2 Å². The lowest BCUT2D eigenvalue weighted by Crippen LogP contribution is -2.01. The summed E-state index contributed by atoms with van der Waals surface area (Å²) in [4.78, 5) is 26.1. The van der Waals surface area contributed by atoms with Gasteiger partial charge in [-0.25, -0.2) is 14.2 Å². The van der Waals surface area contributed by atoms with E-state index in [0.717, 1.165) is 0 Å². The van der Waals surface area contributed by atoms with Gasteiger partial charge in [0.2, 0.25) is 5.90 Å². The molecule has 1 heterocycles. The highest BCUT2D eigenvalue weighted by atomic mass is 19.1. The SMILES string of the molecule is O=C1OC(/C=C/c2cccc([N+](=O)[O-])c2)=NC/1=C\c1ccc(F)cc1. The van der Waals surface area contributed by atoms with Crippen molar-refractivity contribution in [2.45, 2.75) is 0 Å². The summed E-state index contributed by atoms with van der Waals surface area (Å²) in [6.07, 6.45) is 4.48. The fourth-order valence-electron chi connectivity index (χ4n) is 2.12. The van der Waals surface area contributed by atoms with Crippen molar-refractivity contribution >= 4 is 29.7 Å². The van der Waals surface area contributed by atoms with Crippen molar-refractivity contribution in [2.24, 2.45) is 4.99 Å². The van der Waals surface area contributed by atoms with E-state index in [1.54, 1.807) is 18.2 Å². The van der Waals surface area contributed by atoms with Gasteiger partial charge in [0.1, 0.15) is 5.82 Å². The quantitative estimate of drug-likeness (QED) is 0.368. The van der Waals surface area contributed by atoms with E-state index >= 15 is 0 Å². The monoisotopic (exact) mass is 338 g/mol. The number of hydrogen-bond acceptors (Lipinski definition) is 5. The first-order chi connectivity index (χ1) is 12.0. The molecule has 0 bridgehead atoms. The van der Waals surface area contributed by atoms with Gasteiger partial charge >= 0.3 is 5.97 Å². The topological polar surface area (TPSA) is 81.8 Å². The summed E-state index contributed by atoms with van der Waals surface area (Å²) in [5, 5.41) is 10.8. The number of rotatable bonds is 4. The van der Waals surface area contributed by atoms with Crippen molar-refractivity contribution in [3.63, 3.8) is 0 Å². The zero-order chi connectivity index (χ0) is 17.8. The summed E-state index contributed by atoms with van der Waals surface area (Å²) in [5.74, 6) is -0.923. The van der Waals surface area contributed by atoms with Crippen molar-refractivity contribution in [2.75, 3.05) is 0 Å². The molecule has 0 fully saturated rings. The zero-order valence-corrected chi connectivity index (χ0v) is 12.8. The van der Waals surface area contributed by atoms with Gasteiger partial charge in [-0.05, 0) is 35.4 Å². The van der Waals surface area contributed by atoms with Crippen LogP contribution in [0.2, 0.25) is 0 Å². The summed E-state index contributed by atoms with van der Waals surface area (Å²) in [6.45, 7) is 0. The molecule has 1 aliphatic heterocycles. The second kappa shape index (κ2) is 6.88. The Hall–Kier alpha value is -3.61. The Kier molecular flexibility index (Phi) is 4.47. The molecule has 7 heteroatoms. The fourth-order valence-corrected chi connectivity index (χ4v) is 2.12. The maximum atomic E-state index is 12.9. The number of carbonyl (C=O) groups is 1. The lowest BCUT2D eigenvalue weighted by Gasteiger charge is -1.94. The molecular weight excluding hydrogens is 327 g/mol. The average Bonchev–Trinajstić information content (AvgIpc) is 2.95. The van der Waals surface area contributed by atoms with Gasteiger partial charge in [0.15, 0.2) is 5.70 Å². The van der Waals surface area contributed by atoms with Crippen LogP contribution in [0.3, 0.4) is 0 Å². The predicted octanol–water partition coefficient (Wildman–Crippen LogP) is 3.74. The highest BCUT2D eigenvalue weighted by Crippen LogP contribution is 2.18. The molecule has 2 aromatic rings. The number of carbonyl (C=O) groups excluding carboxylic acids is 1. The smallest absolute Gasteiger partial charge is 0.363 e. The van der Waals surface area contributed by atoms with Crippen LogP contribution in [-0.4, -0.2) is 16.8 Å². The third kappa shape index (κ3) is 4.03. The summed E-state index contributed by atoms with van der Waals surface area (Å²) in [6, 6.07) is 11.6. The van der Waals surface area contributed by atoms with E-state index in [1.807, 2.05) is 0 Å². The van der Waals surface area contributed by atoms with Crippen LogP contribution in [0.4, 0.5) is 10.1 Å². The number of aliphatic imine (C=N–C) groups is 1. The third-order valence-corrected chi connectivity index (χ3v) is 3.31. The van der Waals surface area contributed by atoms with Gasteiger partial charge in [0.05, 0.1) is 4.92 Å². The van der Waals surface area contributed by atoms with Gasteiger partial charge in [-0.1, -0.05) is 24.3 Å². The van der Waals surface area contributed by atoms with Crippen molar-refractivity contribution in [1.29, 1.82) is 0 Å². The van der Waals surface area contributed by atoms with Crippen LogP contribution in [0.1, 0.15) is 11.1 Å². The molecule has 0 saturated carbocycles. The number of esters is 1. The van der Waals surface area contributed by atoms with Crippen molar-refractivity contribution < 1.29 is 18.8 Å². The van der Waals surface area contributed by atoms with E-state index in [1.165, 1.54) is 48.6 Å². The largest absolute Gasteiger partial charge is 0.403 e. The van der Waals surface area contributed by atoms with Gasteiger partial charge in [0.25, 0.3) is 5.69 Å². The minimum absolute atomic E-state index is 0.0376. The Morgan fingerprint density at radius 1 is 1.08 bits per heavy atom. The number of halogens is 1. The van der Waals surface area contributed by atoms with Gasteiger partial charge in [-0.15, -0.1) is 0 Å². The number of hydrogen-bond donors (Lipinski definition) is 0. The van der Waals surface area contributed by atoms with Crippen LogP contribution in [0, 0.1) is 15.9 Å². The van der Waals surface area contributed by atoms with Crippen LogP contribution in [0.5, 0.6) is 0 Å². The van der Waals surface area contributed by atoms with E-state index in [2.05, 4.69) is 4.99 Å². The van der Waals surface area contributed by atoms with E-state index in [9.17, 15) is 19.3 Å². The Labute approximate surface area is 141 Å². The highest BCUT2D eigenvalue weighted by Gasteiger charge is 2.21. The predicted molar refractivity (Wildman–Crippen MR) is 90.0 cm³/mol. The number of cyclic esters (lactones) is 1. The van der Waals surface area contributed by atoms with E-state index in [0.29, 0.717) is 11.1 Å². The number of nitro benzene ring substituents is 1. The molecule has 0 amide bonds. The number of nitro groups is 1. The molecule has 0 N–H and O–H groups in total. The van der Waals surface area contributed by atoms with E-state index in [4.69, 9.17) is 4.74 Å². The molecule has 124 valence electrons. The lowest BCUT2D eigenvalue weighted by atomic mass is 10.2. The molecule has 1 aliphatic rings. The Bertz CT molecular complexity index is 930. The summed E-state index contributed by atoms with van der Waals surface area (Å²) >= 11 is 0. The van der Waals surface area contributed by atoms with Crippen LogP contribution in [0.25, 0.3) is 12.2 Å². The molecule has 25 heavy (non-hydrogen) atoms. The van der Waals surface area contributed by atoms with Crippen LogP contribution in [0.15, 0.2) is 65.3 Å². The number of ether oxygens (including phenoxy) is 1. The maximum absolute atomic E-state index is 12.9. The maximum Gasteiger partial charge on any atom is 0.363 e. The van der Waals surface area contributed by atoms with Gasteiger partial charge in [-0.2, -0.15) is 0 Å². The summed E-state index contributed by atoms with van der Waals surface area (Å²) in [5.41, 5.74) is 1.24. The molecular formula is C18H11FN2O4. The second-order valence-corrected chi connectivity index (χ2v) is 5.11. The van der Waals surface area contributed by atoms with Crippen molar-refractivity contribution in [3.05, 3.63) is 87.4 Å². The molecule has 0 saturated heterocycles. The Morgan fingerprint density at radius 2 is 1.84 bits per heavy atom.